The van der Waals surface area contributed by atoms with Crippen LogP contribution in [0.15, 0.2) is 31.1 Å². The number of hydrogen-bond acceptors (Lipinski definition) is 6. The van der Waals surface area contributed by atoms with Crippen LogP contribution in [0.25, 0.3) is 11.3 Å². The van der Waals surface area contributed by atoms with Gasteiger partial charge >= 0.3 is 0 Å². The van der Waals surface area contributed by atoms with E-state index in [9.17, 15) is 0 Å². The van der Waals surface area contributed by atoms with Gasteiger partial charge in [0.1, 0.15) is 12.1 Å². The molecule has 0 aromatic carbocycles. The van der Waals surface area contributed by atoms with Crippen LogP contribution in [-0.2, 0) is 0 Å². The summed E-state index contributed by atoms with van der Waals surface area (Å²) in [6, 6.07) is 0. The van der Waals surface area contributed by atoms with Crippen molar-refractivity contribution < 1.29 is 0 Å². The normalized spacial score (nSPS) is 15.7. The average molecular weight is 242 g/mol. The number of aromatic nitrogens is 4. The molecule has 0 spiro atoms. The Morgan fingerprint density at radius 2 is 1.72 bits per heavy atom. The third-order valence-corrected chi connectivity index (χ3v) is 2.92. The van der Waals surface area contributed by atoms with Gasteiger partial charge in [0.05, 0.1) is 18.1 Å². The van der Waals surface area contributed by atoms with Gasteiger partial charge < -0.3 is 10.2 Å². The van der Waals surface area contributed by atoms with E-state index >= 15 is 0 Å². The van der Waals surface area contributed by atoms with E-state index in [0.29, 0.717) is 0 Å². The standard InChI is InChI=1S/C12H14N6/c1-3-18(4-2-13-1)12-8-14-7-11(17-12)10-5-15-9-16-6-10/h5-9,13H,1-4H2. The minimum absolute atomic E-state index is 0.812. The summed E-state index contributed by atoms with van der Waals surface area (Å²) in [5.74, 6) is 0.915. The summed E-state index contributed by atoms with van der Waals surface area (Å²) in [4.78, 5) is 19.1. The molecule has 1 aliphatic rings. The lowest BCUT2D eigenvalue weighted by Gasteiger charge is -2.28. The average Bonchev–Trinajstić information content (AvgIpc) is 2.49. The summed E-state index contributed by atoms with van der Waals surface area (Å²) in [5, 5.41) is 3.32. The Morgan fingerprint density at radius 3 is 2.50 bits per heavy atom. The van der Waals surface area contributed by atoms with Crippen molar-refractivity contribution in [3.05, 3.63) is 31.1 Å². The number of hydrogen-bond donors (Lipinski definition) is 1. The van der Waals surface area contributed by atoms with E-state index in [2.05, 4.69) is 30.2 Å². The second kappa shape index (κ2) is 5.05. The smallest absolute Gasteiger partial charge is 0.147 e. The van der Waals surface area contributed by atoms with Gasteiger partial charge in [0.25, 0.3) is 0 Å². The molecular formula is C12H14N6. The van der Waals surface area contributed by atoms with Crippen molar-refractivity contribution in [1.82, 2.24) is 25.3 Å². The number of rotatable bonds is 2. The van der Waals surface area contributed by atoms with E-state index in [0.717, 1.165) is 43.3 Å². The van der Waals surface area contributed by atoms with Gasteiger partial charge in [-0.15, -0.1) is 0 Å². The minimum atomic E-state index is 0.812. The van der Waals surface area contributed by atoms with Crippen LogP contribution in [-0.4, -0.2) is 46.1 Å². The highest BCUT2D eigenvalue weighted by Gasteiger charge is 2.12. The van der Waals surface area contributed by atoms with Crippen LogP contribution in [0.3, 0.4) is 0 Å². The topological polar surface area (TPSA) is 66.8 Å². The van der Waals surface area contributed by atoms with Crippen LogP contribution < -0.4 is 10.2 Å². The van der Waals surface area contributed by atoms with E-state index in [4.69, 9.17) is 0 Å². The van der Waals surface area contributed by atoms with E-state index in [-0.39, 0.29) is 0 Å². The van der Waals surface area contributed by atoms with Crippen LogP contribution in [0.2, 0.25) is 0 Å². The first-order valence-electron chi connectivity index (χ1n) is 5.96. The molecule has 1 fully saturated rings. The lowest BCUT2D eigenvalue weighted by atomic mass is 10.2. The Balaban J connectivity index is 1.89. The molecule has 1 N–H and O–H groups in total. The second-order valence-electron chi connectivity index (χ2n) is 4.13. The number of nitrogens with zero attached hydrogens (tertiary/aromatic N) is 5. The molecule has 3 rings (SSSR count). The van der Waals surface area contributed by atoms with Crippen LogP contribution >= 0.6 is 0 Å². The SMILES string of the molecule is c1ncc(-c2cncc(N3CCNCC3)n2)cn1. The van der Waals surface area contributed by atoms with Gasteiger partial charge in [-0.1, -0.05) is 0 Å². The van der Waals surface area contributed by atoms with Crippen LogP contribution in [0.1, 0.15) is 0 Å². The molecule has 0 bridgehead atoms. The monoisotopic (exact) mass is 242 g/mol. The zero-order chi connectivity index (χ0) is 12.2. The van der Waals surface area contributed by atoms with Crippen molar-refractivity contribution in [2.24, 2.45) is 0 Å². The Hall–Kier alpha value is -2.08. The van der Waals surface area contributed by atoms with Gasteiger partial charge in [0.15, 0.2) is 0 Å². The zero-order valence-electron chi connectivity index (χ0n) is 9.95. The van der Waals surface area contributed by atoms with Crippen molar-refractivity contribution in [3.63, 3.8) is 0 Å². The number of nitrogens with one attached hydrogen (secondary N) is 1. The van der Waals surface area contributed by atoms with E-state index < -0.39 is 0 Å². The molecule has 2 aromatic rings. The largest absolute Gasteiger partial charge is 0.353 e. The first-order valence-corrected chi connectivity index (χ1v) is 5.96. The quantitative estimate of drug-likeness (QED) is 0.819. The van der Waals surface area contributed by atoms with Crippen LogP contribution in [0.5, 0.6) is 0 Å². The molecule has 1 saturated heterocycles. The van der Waals surface area contributed by atoms with Gasteiger partial charge in [-0.25, -0.2) is 15.0 Å². The minimum Gasteiger partial charge on any atom is -0.353 e. The van der Waals surface area contributed by atoms with Crippen LogP contribution in [0.4, 0.5) is 5.82 Å². The molecule has 6 heteroatoms. The summed E-state index contributed by atoms with van der Waals surface area (Å²) in [7, 11) is 0. The molecule has 2 aromatic heterocycles. The fraction of sp³-hybridized carbons (Fsp3) is 0.333. The Morgan fingerprint density at radius 1 is 0.944 bits per heavy atom. The van der Waals surface area contributed by atoms with Gasteiger partial charge in [0.2, 0.25) is 0 Å². The van der Waals surface area contributed by atoms with Gasteiger partial charge in [-0.2, -0.15) is 0 Å². The summed E-state index contributed by atoms with van der Waals surface area (Å²) in [5.41, 5.74) is 1.70. The maximum atomic E-state index is 4.62. The van der Waals surface area contributed by atoms with Crippen LogP contribution in [0, 0.1) is 0 Å². The predicted molar refractivity (Wildman–Crippen MR) is 68.1 cm³/mol. The van der Waals surface area contributed by atoms with Gasteiger partial charge in [-0.3, -0.25) is 4.98 Å². The summed E-state index contributed by atoms with van der Waals surface area (Å²) < 4.78 is 0. The maximum Gasteiger partial charge on any atom is 0.147 e. The molecule has 6 nitrogen and oxygen atoms in total. The number of piperazine rings is 1. The second-order valence-corrected chi connectivity index (χ2v) is 4.13. The highest BCUT2D eigenvalue weighted by Crippen LogP contribution is 2.17. The summed E-state index contributed by atoms with van der Waals surface area (Å²) in [6.45, 7) is 3.90. The van der Waals surface area contributed by atoms with Gasteiger partial charge in [0, 0.05) is 44.1 Å². The van der Waals surface area contributed by atoms with E-state index in [1.807, 2.05) is 0 Å². The molecule has 0 aliphatic carbocycles. The Kier molecular flexibility index (Phi) is 3.10. The molecule has 92 valence electrons. The summed E-state index contributed by atoms with van der Waals surface area (Å²) in [6.07, 6.45) is 8.55. The molecule has 0 saturated carbocycles. The molecule has 0 atom stereocenters. The van der Waals surface area contributed by atoms with Crippen molar-refractivity contribution in [3.8, 4) is 11.3 Å². The fourth-order valence-electron chi connectivity index (χ4n) is 1.97. The molecule has 0 unspecified atom stereocenters. The zero-order valence-corrected chi connectivity index (χ0v) is 9.95. The van der Waals surface area contributed by atoms with Crippen molar-refractivity contribution in [2.75, 3.05) is 31.1 Å². The molecule has 0 radical (unpaired) electrons. The highest BCUT2D eigenvalue weighted by atomic mass is 15.2. The van der Waals surface area contributed by atoms with Crippen molar-refractivity contribution >= 4 is 5.82 Å². The lowest BCUT2D eigenvalue weighted by molar-refractivity contribution is 0.584. The maximum absolute atomic E-state index is 4.62. The first-order chi connectivity index (χ1) is 8.93. The van der Waals surface area contributed by atoms with E-state index in [1.165, 1.54) is 6.33 Å². The summed E-state index contributed by atoms with van der Waals surface area (Å²) >= 11 is 0. The Bertz CT molecular complexity index is 509. The molecular weight excluding hydrogens is 228 g/mol. The molecule has 1 aliphatic heterocycles. The number of anilines is 1. The molecule has 18 heavy (non-hydrogen) atoms. The van der Waals surface area contributed by atoms with Crippen molar-refractivity contribution in [1.29, 1.82) is 0 Å². The third-order valence-electron chi connectivity index (χ3n) is 2.92. The molecule has 3 heterocycles. The van der Waals surface area contributed by atoms with E-state index in [1.54, 1.807) is 24.8 Å². The highest BCUT2D eigenvalue weighted by molar-refractivity contribution is 5.57. The third kappa shape index (κ3) is 2.28. The lowest BCUT2D eigenvalue weighted by Crippen LogP contribution is -2.43. The predicted octanol–water partition coefficient (Wildman–Crippen LogP) is 0.343. The van der Waals surface area contributed by atoms with Gasteiger partial charge in [-0.05, 0) is 0 Å². The molecule has 0 amide bonds. The first kappa shape index (κ1) is 11.0. The Labute approximate surface area is 105 Å². The van der Waals surface area contributed by atoms with Crippen molar-refractivity contribution in [2.45, 2.75) is 0 Å². The fourth-order valence-corrected chi connectivity index (χ4v) is 1.97.